The van der Waals surface area contributed by atoms with Gasteiger partial charge in [-0.3, -0.25) is 0 Å². The normalized spacial score (nSPS) is 52.4. The topological polar surface area (TPSA) is 21.3 Å². The minimum atomic E-state index is 0. The van der Waals surface area contributed by atoms with E-state index in [1.807, 2.05) is 0 Å². The van der Waals surface area contributed by atoms with E-state index >= 15 is 0 Å². The summed E-state index contributed by atoms with van der Waals surface area (Å²) < 4.78 is 5.80. The predicted octanol–water partition coefficient (Wildman–Crippen LogP) is 0.805. The van der Waals surface area contributed by atoms with Gasteiger partial charge in [0.15, 0.2) is 0 Å². The smallest absolute Gasteiger partial charge is 0.0624 e. The van der Waals surface area contributed by atoms with Gasteiger partial charge >= 0.3 is 0 Å². The molecule has 3 aliphatic heterocycles. The van der Waals surface area contributed by atoms with Gasteiger partial charge in [0.1, 0.15) is 0 Å². The lowest BCUT2D eigenvalue weighted by Gasteiger charge is -2.18. The molecule has 0 spiro atoms. The van der Waals surface area contributed by atoms with Crippen LogP contribution in [0.2, 0.25) is 0 Å². The summed E-state index contributed by atoms with van der Waals surface area (Å²) in [5, 5.41) is 3.45. The van der Waals surface area contributed by atoms with Gasteiger partial charge < -0.3 is 10.1 Å². The maximum Gasteiger partial charge on any atom is 0.0624 e. The number of ether oxygens (including phenoxy) is 1. The van der Waals surface area contributed by atoms with Crippen molar-refractivity contribution in [1.82, 2.24) is 5.32 Å². The van der Waals surface area contributed by atoms with Crippen molar-refractivity contribution in [3.8, 4) is 0 Å². The number of rotatable bonds is 0. The molecule has 0 aliphatic carbocycles. The van der Waals surface area contributed by atoms with E-state index in [2.05, 4.69) is 5.32 Å². The predicted molar refractivity (Wildman–Crippen MR) is 45.0 cm³/mol. The molecule has 2 nitrogen and oxygen atoms in total. The van der Waals surface area contributed by atoms with Crippen LogP contribution in [-0.2, 0) is 4.74 Å². The van der Waals surface area contributed by atoms with Crippen molar-refractivity contribution >= 4 is 12.4 Å². The highest BCUT2D eigenvalue weighted by Gasteiger charge is 2.50. The first-order chi connectivity index (χ1) is 4.95. The first kappa shape index (κ1) is 7.84. The molecule has 3 heteroatoms. The molecule has 3 saturated heterocycles. The monoisotopic (exact) mass is 175 g/mol. The maximum absolute atomic E-state index is 5.80. The van der Waals surface area contributed by atoms with E-state index < -0.39 is 0 Å². The second-order valence-electron chi connectivity index (χ2n) is 3.78. The SMILES string of the molecule is C1NC[C@H]2[C@@H]1[C@@H]1CC[C@H]2O1.Cl. The number of fused-ring (bicyclic) bond motifs is 5. The van der Waals surface area contributed by atoms with Crippen LogP contribution in [0.5, 0.6) is 0 Å². The highest BCUT2D eigenvalue weighted by atomic mass is 35.5. The molecule has 2 bridgehead atoms. The molecule has 3 heterocycles. The van der Waals surface area contributed by atoms with Gasteiger partial charge in [0.05, 0.1) is 12.2 Å². The van der Waals surface area contributed by atoms with Crippen LogP contribution in [0.4, 0.5) is 0 Å². The highest BCUT2D eigenvalue weighted by molar-refractivity contribution is 5.85. The fourth-order valence-electron chi connectivity index (χ4n) is 2.85. The zero-order valence-electron chi connectivity index (χ0n) is 6.45. The summed E-state index contributed by atoms with van der Waals surface area (Å²) in [6.07, 6.45) is 3.91. The van der Waals surface area contributed by atoms with Crippen LogP contribution < -0.4 is 5.32 Å². The quantitative estimate of drug-likeness (QED) is 0.588. The Kier molecular flexibility index (Phi) is 1.86. The average molecular weight is 176 g/mol. The Labute approximate surface area is 73.1 Å². The minimum absolute atomic E-state index is 0. The number of halogens is 1. The molecule has 0 unspecified atom stereocenters. The standard InChI is InChI=1S/C8H13NO.ClH/c1-2-8-6-4-9-3-5(6)7(1)10-8;/h5-9H,1-4H2;1H/t5-,6+,7+,8-;. The van der Waals surface area contributed by atoms with Gasteiger partial charge in [0.25, 0.3) is 0 Å². The van der Waals surface area contributed by atoms with Crippen LogP contribution >= 0.6 is 12.4 Å². The van der Waals surface area contributed by atoms with Crippen molar-refractivity contribution in [3.05, 3.63) is 0 Å². The van der Waals surface area contributed by atoms with Crippen LogP contribution in [0.25, 0.3) is 0 Å². The van der Waals surface area contributed by atoms with Crippen molar-refractivity contribution in [1.29, 1.82) is 0 Å². The van der Waals surface area contributed by atoms with E-state index in [0.29, 0.717) is 12.2 Å². The van der Waals surface area contributed by atoms with Gasteiger partial charge in [0.2, 0.25) is 0 Å². The molecule has 0 aromatic heterocycles. The van der Waals surface area contributed by atoms with Crippen LogP contribution in [0.3, 0.4) is 0 Å². The van der Waals surface area contributed by atoms with E-state index in [-0.39, 0.29) is 12.4 Å². The molecular formula is C8H14ClNO. The summed E-state index contributed by atoms with van der Waals surface area (Å²) in [4.78, 5) is 0. The second kappa shape index (κ2) is 2.61. The maximum atomic E-state index is 5.80. The van der Waals surface area contributed by atoms with Crippen molar-refractivity contribution < 1.29 is 4.74 Å². The summed E-state index contributed by atoms with van der Waals surface area (Å²) in [6, 6.07) is 0. The van der Waals surface area contributed by atoms with Gasteiger partial charge in [0, 0.05) is 24.9 Å². The molecule has 3 rings (SSSR count). The highest BCUT2D eigenvalue weighted by Crippen LogP contribution is 2.44. The molecule has 0 aromatic carbocycles. The summed E-state index contributed by atoms with van der Waals surface area (Å²) in [5.41, 5.74) is 0. The molecule has 0 radical (unpaired) electrons. The molecule has 1 N–H and O–H groups in total. The minimum Gasteiger partial charge on any atom is -0.374 e. The average Bonchev–Trinajstić information content (AvgIpc) is 2.60. The number of hydrogen-bond donors (Lipinski definition) is 1. The van der Waals surface area contributed by atoms with Crippen molar-refractivity contribution in [2.45, 2.75) is 25.0 Å². The molecule has 3 aliphatic rings. The summed E-state index contributed by atoms with van der Waals surface area (Å²) in [5.74, 6) is 1.75. The van der Waals surface area contributed by atoms with E-state index in [9.17, 15) is 0 Å². The molecule has 11 heavy (non-hydrogen) atoms. The third-order valence-electron chi connectivity index (χ3n) is 3.35. The summed E-state index contributed by atoms with van der Waals surface area (Å²) in [7, 11) is 0. The first-order valence-electron chi connectivity index (χ1n) is 4.31. The zero-order valence-corrected chi connectivity index (χ0v) is 7.27. The lowest BCUT2D eigenvalue weighted by Crippen LogP contribution is -2.24. The van der Waals surface area contributed by atoms with Crippen LogP contribution in [-0.4, -0.2) is 25.3 Å². The van der Waals surface area contributed by atoms with Gasteiger partial charge in [-0.2, -0.15) is 0 Å². The lowest BCUT2D eigenvalue weighted by molar-refractivity contribution is 0.0832. The Morgan fingerprint density at radius 1 is 1.00 bits per heavy atom. The molecule has 64 valence electrons. The zero-order chi connectivity index (χ0) is 6.55. The molecule has 0 amide bonds. The van der Waals surface area contributed by atoms with E-state index in [1.165, 1.54) is 25.9 Å². The van der Waals surface area contributed by atoms with Crippen molar-refractivity contribution in [2.75, 3.05) is 13.1 Å². The second-order valence-corrected chi connectivity index (χ2v) is 3.78. The van der Waals surface area contributed by atoms with Gasteiger partial charge in [-0.1, -0.05) is 0 Å². The van der Waals surface area contributed by atoms with E-state index in [4.69, 9.17) is 4.74 Å². The third kappa shape index (κ3) is 0.930. The molecule has 3 fully saturated rings. The summed E-state index contributed by atoms with van der Waals surface area (Å²) >= 11 is 0. The fourth-order valence-corrected chi connectivity index (χ4v) is 2.85. The number of nitrogens with one attached hydrogen (secondary N) is 1. The summed E-state index contributed by atoms with van der Waals surface area (Å²) in [6.45, 7) is 2.43. The molecule has 0 aromatic rings. The fraction of sp³-hybridized carbons (Fsp3) is 1.00. The van der Waals surface area contributed by atoms with Gasteiger partial charge in [-0.25, -0.2) is 0 Å². The molecule has 4 atom stereocenters. The van der Waals surface area contributed by atoms with Gasteiger partial charge in [-0.05, 0) is 12.8 Å². The van der Waals surface area contributed by atoms with Crippen LogP contribution in [0.15, 0.2) is 0 Å². The Morgan fingerprint density at radius 2 is 1.55 bits per heavy atom. The van der Waals surface area contributed by atoms with Crippen molar-refractivity contribution in [2.24, 2.45) is 11.8 Å². The Balaban J connectivity index is 0.000000480. The molecule has 0 saturated carbocycles. The van der Waals surface area contributed by atoms with E-state index in [0.717, 1.165) is 11.8 Å². The Hall–Kier alpha value is 0.210. The van der Waals surface area contributed by atoms with E-state index in [1.54, 1.807) is 0 Å². The number of hydrogen-bond acceptors (Lipinski definition) is 2. The largest absolute Gasteiger partial charge is 0.374 e. The van der Waals surface area contributed by atoms with Gasteiger partial charge in [-0.15, -0.1) is 12.4 Å². The van der Waals surface area contributed by atoms with Crippen LogP contribution in [0, 0.1) is 11.8 Å². The third-order valence-corrected chi connectivity index (χ3v) is 3.35. The first-order valence-corrected chi connectivity index (χ1v) is 4.31. The molecular weight excluding hydrogens is 162 g/mol. The Bertz CT molecular complexity index is 148. The van der Waals surface area contributed by atoms with Crippen molar-refractivity contribution in [3.63, 3.8) is 0 Å². The Morgan fingerprint density at radius 3 is 2.09 bits per heavy atom. The van der Waals surface area contributed by atoms with Crippen LogP contribution in [0.1, 0.15) is 12.8 Å². The lowest BCUT2D eigenvalue weighted by atomic mass is 9.82.